The van der Waals surface area contributed by atoms with E-state index in [1.54, 1.807) is 17.5 Å². The predicted molar refractivity (Wildman–Crippen MR) is 96.2 cm³/mol. The van der Waals surface area contributed by atoms with E-state index in [-0.39, 0.29) is 0 Å². The molecule has 116 valence electrons. The van der Waals surface area contributed by atoms with Crippen molar-refractivity contribution in [2.45, 2.75) is 44.6 Å². The number of nitrogens with zero attached hydrogens (tertiary/aromatic N) is 2. The Balaban J connectivity index is 1.60. The number of hydrogen-bond donors (Lipinski definition) is 2. The van der Waals surface area contributed by atoms with E-state index in [0.29, 0.717) is 17.1 Å². The number of anilines is 1. The van der Waals surface area contributed by atoms with Gasteiger partial charge >= 0.3 is 0 Å². The maximum Gasteiger partial charge on any atom is 0.229 e. The molecule has 4 nitrogen and oxygen atoms in total. The molecular weight excluding hydrogens is 312 g/mol. The van der Waals surface area contributed by atoms with Gasteiger partial charge in [0.25, 0.3) is 0 Å². The molecule has 2 heterocycles. The van der Waals surface area contributed by atoms with Crippen molar-refractivity contribution in [1.29, 1.82) is 0 Å². The third-order valence-corrected chi connectivity index (χ3v) is 4.96. The van der Waals surface area contributed by atoms with Gasteiger partial charge in [-0.3, -0.25) is 0 Å². The van der Waals surface area contributed by atoms with Crippen LogP contribution in [0.1, 0.15) is 38.5 Å². The number of rotatable bonds is 3. The Bertz CT molecular complexity index is 604. The predicted octanol–water partition coefficient (Wildman–Crippen LogP) is 4.21. The molecule has 0 atom stereocenters. The van der Waals surface area contributed by atoms with Gasteiger partial charge < -0.3 is 10.6 Å². The van der Waals surface area contributed by atoms with Crippen LogP contribution in [0.25, 0.3) is 10.6 Å². The van der Waals surface area contributed by atoms with Crippen LogP contribution in [0.3, 0.4) is 0 Å². The number of thiophene rings is 1. The maximum atomic E-state index is 5.40. The lowest BCUT2D eigenvalue weighted by Crippen LogP contribution is -2.37. The number of thiocarbonyl (C=S) groups is 1. The molecule has 0 aliphatic heterocycles. The van der Waals surface area contributed by atoms with Crippen LogP contribution in [-0.4, -0.2) is 21.1 Å². The Hall–Kier alpha value is -1.53. The minimum atomic E-state index is 0.475. The highest BCUT2D eigenvalue weighted by atomic mass is 32.1. The van der Waals surface area contributed by atoms with Gasteiger partial charge in [0.2, 0.25) is 5.95 Å². The van der Waals surface area contributed by atoms with Crippen molar-refractivity contribution in [3.63, 3.8) is 0 Å². The third-order valence-electron chi connectivity index (χ3n) is 3.84. The highest BCUT2D eigenvalue weighted by Gasteiger charge is 2.13. The van der Waals surface area contributed by atoms with Gasteiger partial charge in [-0.25, -0.2) is 9.97 Å². The van der Waals surface area contributed by atoms with Crippen molar-refractivity contribution in [3.8, 4) is 10.6 Å². The van der Waals surface area contributed by atoms with Gasteiger partial charge in [-0.05, 0) is 42.6 Å². The first-order valence-corrected chi connectivity index (χ1v) is 9.04. The average Bonchev–Trinajstić information content (AvgIpc) is 2.94. The molecule has 0 saturated heterocycles. The lowest BCUT2D eigenvalue weighted by Gasteiger charge is -2.18. The molecule has 0 amide bonds. The van der Waals surface area contributed by atoms with Crippen molar-refractivity contribution in [3.05, 3.63) is 29.8 Å². The molecule has 6 heteroatoms. The van der Waals surface area contributed by atoms with E-state index >= 15 is 0 Å². The van der Waals surface area contributed by atoms with Gasteiger partial charge in [-0.2, -0.15) is 0 Å². The van der Waals surface area contributed by atoms with Gasteiger partial charge in [-0.15, -0.1) is 11.3 Å². The van der Waals surface area contributed by atoms with Crippen molar-refractivity contribution >= 4 is 34.6 Å². The largest absolute Gasteiger partial charge is 0.360 e. The second-order valence-electron chi connectivity index (χ2n) is 5.53. The van der Waals surface area contributed by atoms with E-state index < -0.39 is 0 Å². The van der Waals surface area contributed by atoms with Crippen LogP contribution in [0.15, 0.2) is 29.8 Å². The molecule has 0 bridgehead atoms. The van der Waals surface area contributed by atoms with Crippen molar-refractivity contribution < 1.29 is 0 Å². The van der Waals surface area contributed by atoms with Crippen LogP contribution in [0.4, 0.5) is 5.95 Å². The molecule has 1 aliphatic rings. The van der Waals surface area contributed by atoms with Gasteiger partial charge in [0.1, 0.15) is 0 Å². The van der Waals surface area contributed by atoms with Gasteiger partial charge in [0.05, 0.1) is 10.6 Å². The van der Waals surface area contributed by atoms with Crippen LogP contribution in [-0.2, 0) is 0 Å². The molecule has 1 fully saturated rings. The molecule has 1 saturated carbocycles. The van der Waals surface area contributed by atoms with E-state index in [0.717, 1.165) is 10.6 Å². The van der Waals surface area contributed by atoms with Gasteiger partial charge in [0, 0.05) is 12.2 Å². The summed E-state index contributed by atoms with van der Waals surface area (Å²) in [5.74, 6) is 0.553. The zero-order valence-corrected chi connectivity index (χ0v) is 14.1. The minimum absolute atomic E-state index is 0.475. The first-order chi connectivity index (χ1) is 10.8. The van der Waals surface area contributed by atoms with E-state index in [2.05, 4.69) is 26.7 Å². The summed E-state index contributed by atoms with van der Waals surface area (Å²) in [6.07, 6.45) is 9.39. The van der Waals surface area contributed by atoms with Crippen LogP contribution < -0.4 is 10.6 Å². The quantitative estimate of drug-likeness (QED) is 0.651. The highest BCUT2D eigenvalue weighted by molar-refractivity contribution is 7.80. The summed E-state index contributed by atoms with van der Waals surface area (Å²) in [6, 6.07) is 6.47. The van der Waals surface area contributed by atoms with Crippen LogP contribution in [0.2, 0.25) is 0 Å². The molecule has 2 aromatic heterocycles. The van der Waals surface area contributed by atoms with E-state index in [9.17, 15) is 0 Å². The summed E-state index contributed by atoms with van der Waals surface area (Å²) in [5.41, 5.74) is 0.921. The molecule has 0 unspecified atom stereocenters. The lowest BCUT2D eigenvalue weighted by atomic mass is 10.1. The summed E-state index contributed by atoms with van der Waals surface area (Å²) >= 11 is 7.07. The van der Waals surface area contributed by atoms with Crippen LogP contribution in [0.5, 0.6) is 0 Å². The fourth-order valence-electron chi connectivity index (χ4n) is 2.73. The number of nitrogens with one attached hydrogen (secondary N) is 2. The Morgan fingerprint density at radius 3 is 2.73 bits per heavy atom. The summed E-state index contributed by atoms with van der Waals surface area (Å²) in [7, 11) is 0. The molecule has 1 aliphatic carbocycles. The first kappa shape index (κ1) is 15.4. The smallest absolute Gasteiger partial charge is 0.229 e. The summed E-state index contributed by atoms with van der Waals surface area (Å²) in [4.78, 5) is 9.92. The SMILES string of the molecule is S=C(Nc1nccc(-c2cccs2)n1)NC1CCCCCC1. The van der Waals surface area contributed by atoms with E-state index in [4.69, 9.17) is 12.2 Å². The van der Waals surface area contributed by atoms with Crippen LogP contribution >= 0.6 is 23.6 Å². The molecule has 2 N–H and O–H groups in total. The first-order valence-electron chi connectivity index (χ1n) is 7.76. The fraction of sp³-hybridized carbons (Fsp3) is 0.438. The van der Waals surface area contributed by atoms with Crippen molar-refractivity contribution in [2.75, 3.05) is 5.32 Å². The zero-order valence-electron chi connectivity index (χ0n) is 12.4. The van der Waals surface area contributed by atoms with E-state index in [1.807, 2.05) is 17.5 Å². The maximum absolute atomic E-state index is 5.40. The average molecular weight is 332 g/mol. The topological polar surface area (TPSA) is 49.8 Å². The van der Waals surface area contributed by atoms with Crippen molar-refractivity contribution in [1.82, 2.24) is 15.3 Å². The fourth-order valence-corrected chi connectivity index (χ4v) is 3.68. The van der Waals surface area contributed by atoms with Crippen LogP contribution in [0, 0.1) is 0 Å². The molecule has 0 aromatic carbocycles. The number of aromatic nitrogens is 2. The molecule has 3 rings (SSSR count). The molecule has 2 aromatic rings. The van der Waals surface area contributed by atoms with Crippen molar-refractivity contribution in [2.24, 2.45) is 0 Å². The zero-order chi connectivity index (χ0) is 15.2. The van der Waals surface area contributed by atoms with Gasteiger partial charge in [0.15, 0.2) is 5.11 Å². The minimum Gasteiger partial charge on any atom is -0.360 e. The van der Waals surface area contributed by atoms with Gasteiger partial charge in [-0.1, -0.05) is 31.7 Å². The third kappa shape index (κ3) is 4.24. The summed E-state index contributed by atoms with van der Waals surface area (Å²) in [5, 5.41) is 9.18. The summed E-state index contributed by atoms with van der Waals surface area (Å²) < 4.78 is 0. The lowest BCUT2D eigenvalue weighted by molar-refractivity contribution is 0.535. The molecule has 22 heavy (non-hydrogen) atoms. The Labute approximate surface area is 140 Å². The molecular formula is C16H20N4S2. The monoisotopic (exact) mass is 332 g/mol. The molecule has 0 spiro atoms. The summed E-state index contributed by atoms with van der Waals surface area (Å²) in [6.45, 7) is 0. The number of hydrogen-bond acceptors (Lipinski definition) is 4. The second-order valence-corrected chi connectivity index (χ2v) is 6.89. The molecule has 0 radical (unpaired) electrons. The second kappa shape index (κ2) is 7.65. The Kier molecular flexibility index (Phi) is 5.34. The Morgan fingerprint density at radius 2 is 2.00 bits per heavy atom. The standard InChI is InChI=1S/C16H20N4S2/c21-16(18-12-6-3-1-2-4-7-12)20-15-17-10-9-13(19-15)14-8-5-11-22-14/h5,8-12H,1-4,6-7H2,(H2,17,18,19,20,21). The Morgan fingerprint density at radius 1 is 1.18 bits per heavy atom. The normalized spacial score (nSPS) is 16.0. The highest BCUT2D eigenvalue weighted by Crippen LogP contribution is 2.23. The van der Waals surface area contributed by atoms with E-state index in [1.165, 1.54) is 38.5 Å².